The lowest BCUT2D eigenvalue weighted by Crippen LogP contribution is -2.15. The van der Waals surface area contributed by atoms with E-state index in [1.165, 1.54) is 17.9 Å². The highest BCUT2D eigenvalue weighted by atomic mass is 19.2. The van der Waals surface area contributed by atoms with Crippen LogP contribution in [0.2, 0.25) is 0 Å². The molecule has 2 nitrogen and oxygen atoms in total. The third-order valence-electron chi connectivity index (χ3n) is 2.00. The number of aliphatic hydroxyl groups is 1. The Morgan fingerprint density at radius 1 is 1.29 bits per heavy atom. The normalized spacial score (nSPS) is 12.7. The van der Waals surface area contributed by atoms with Crippen molar-refractivity contribution in [1.82, 2.24) is 0 Å². The lowest BCUT2D eigenvalue weighted by Gasteiger charge is -2.19. The van der Waals surface area contributed by atoms with Crippen LogP contribution < -0.4 is 4.90 Å². The smallest absolute Gasteiger partial charge is 0.182 e. The van der Waals surface area contributed by atoms with Crippen molar-refractivity contribution >= 4 is 5.69 Å². The van der Waals surface area contributed by atoms with Gasteiger partial charge in [-0.2, -0.15) is 0 Å². The first-order chi connectivity index (χ1) is 6.45. The molecule has 0 saturated carbocycles. The van der Waals surface area contributed by atoms with Crippen molar-refractivity contribution in [2.24, 2.45) is 0 Å². The van der Waals surface area contributed by atoms with E-state index >= 15 is 0 Å². The highest BCUT2D eigenvalue weighted by Crippen LogP contribution is 2.29. The molecule has 1 aromatic carbocycles. The fourth-order valence-corrected chi connectivity index (χ4v) is 1.35. The number of nitrogens with zero attached hydrogens (tertiary/aromatic N) is 1. The third kappa shape index (κ3) is 1.85. The zero-order valence-corrected chi connectivity index (χ0v) is 8.38. The molecule has 0 aliphatic rings. The molecule has 0 unspecified atom stereocenters. The maximum Gasteiger partial charge on any atom is 0.182 e. The Morgan fingerprint density at radius 3 is 2.29 bits per heavy atom. The fraction of sp³-hybridized carbons (Fsp3) is 0.400. The van der Waals surface area contributed by atoms with Gasteiger partial charge < -0.3 is 10.0 Å². The second kappa shape index (κ2) is 3.92. The zero-order valence-electron chi connectivity index (χ0n) is 8.38. The standard InChI is InChI=1S/C10H13F2NO/c1-6(14)7-4-5-8(11)9(12)10(7)13(2)3/h4-6,14H,1-3H3/t6-/m0/s1. The van der Waals surface area contributed by atoms with E-state index in [1.807, 2.05) is 0 Å². The van der Waals surface area contributed by atoms with Crippen LogP contribution >= 0.6 is 0 Å². The minimum Gasteiger partial charge on any atom is -0.389 e. The predicted octanol–water partition coefficient (Wildman–Crippen LogP) is 2.08. The number of halogens is 2. The van der Waals surface area contributed by atoms with E-state index in [4.69, 9.17) is 0 Å². The summed E-state index contributed by atoms with van der Waals surface area (Å²) in [5.74, 6) is -1.83. The first-order valence-corrected chi connectivity index (χ1v) is 4.28. The van der Waals surface area contributed by atoms with E-state index in [2.05, 4.69) is 0 Å². The summed E-state index contributed by atoms with van der Waals surface area (Å²) in [7, 11) is 3.20. The number of rotatable bonds is 2. The summed E-state index contributed by atoms with van der Waals surface area (Å²) < 4.78 is 26.2. The molecule has 0 heterocycles. The first kappa shape index (κ1) is 10.9. The van der Waals surface area contributed by atoms with Gasteiger partial charge in [-0.05, 0) is 13.0 Å². The summed E-state index contributed by atoms with van der Waals surface area (Å²) in [6.07, 6.45) is -0.817. The van der Waals surface area contributed by atoms with Gasteiger partial charge in [0.05, 0.1) is 11.8 Å². The van der Waals surface area contributed by atoms with Gasteiger partial charge in [0, 0.05) is 19.7 Å². The number of hydrogen-bond donors (Lipinski definition) is 1. The first-order valence-electron chi connectivity index (χ1n) is 4.28. The third-order valence-corrected chi connectivity index (χ3v) is 2.00. The van der Waals surface area contributed by atoms with Crippen molar-refractivity contribution in [2.75, 3.05) is 19.0 Å². The number of benzene rings is 1. The molecule has 78 valence electrons. The van der Waals surface area contributed by atoms with Gasteiger partial charge in [-0.1, -0.05) is 6.07 Å². The van der Waals surface area contributed by atoms with E-state index in [-0.39, 0.29) is 5.69 Å². The summed E-state index contributed by atoms with van der Waals surface area (Å²) in [6.45, 7) is 1.51. The van der Waals surface area contributed by atoms with Crippen LogP contribution in [-0.4, -0.2) is 19.2 Å². The van der Waals surface area contributed by atoms with Gasteiger partial charge in [-0.3, -0.25) is 0 Å². The van der Waals surface area contributed by atoms with Crippen molar-refractivity contribution in [2.45, 2.75) is 13.0 Å². The molecular weight excluding hydrogens is 188 g/mol. The Kier molecular flexibility index (Phi) is 3.06. The van der Waals surface area contributed by atoms with Crippen LogP contribution in [0, 0.1) is 11.6 Å². The van der Waals surface area contributed by atoms with Gasteiger partial charge in [0.25, 0.3) is 0 Å². The summed E-state index contributed by atoms with van der Waals surface area (Å²) in [6, 6.07) is 2.41. The molecule has 1 rings (SSSR count). The molecule has 1 aromatic rings. The van der Waals surface area contributed by atoms with Gasteiger partial charge in [-0.15, -0.1) is 0 Å². The van der Waals surface area contributed by atoms with Gasteiger partial charge >= 0.3 is 0 Å². The molecule has 1 atom stereocenters. The summed E-state index contributed by atoms with van der Waals surface area (Å²) in [5, 5.41) is 9.35. The summed E-state index contributed by atoms with van der Waals surface area (Å²) >= 11 is 0. The zero-order chi connectivity index (χ0) is 10.9. The molecule has 0 aromatic heterocycles. The quantitative estimate of drug-likeness (QED) is 0.791. The number of hydrogen-bond acceptors (Lipinski definition) is 2. The fourth-order valence-electron chi connectivity index (χ4n) is 1.35. The SMILES string of the molecule is C[C@H](O)c1ccc(F)c(F)c1N(C)C. The summed E-state index contributed by atoms with van der Waals surface area (Å²) in [5.41, 5.74) is 0.480. The van der Waals surface area contributed by atoms with Gasteiger partial charge in [0.2, 0.25) is 0 Å². The van der Waals surface area contributed by atoms with Crippen LogP contribution in [0.5, 0.6) is 0 Å². The van der Waals surface area contributed by atoms with Crippen molar-refractivity contribution in [3.63, 3.8) is 0 Å². The highest BCUT2D eigenvalue weighted by Gasteiger charge is 2.17. The molecule has 0 amide bonds. The number of aliphatic hydroxyl groups excluding tert-OH is 1. The average molecular weight is 201 g/mol. The maximum absolute atomic E-state index is 13.3. The molecule has 0 saturated heterocycles. The van der Waals surface area contributed by atoms with Crippen molar-refractivity contribution in [3.8, 4) is 0 Å². The van der Waals surface area contributed by atoms with Gasteiger partial charge in [-0.25, -0.2) is 8.78 Å². The highest BCUT2D eigenvalue weighted by molar-refractivity contribution is 5.55. The van der Waals surface area contributed by atoms with E-state index < -0.39 is 17.7 Å². The predicted molar refractivity (Wildman–Crippen MR) is 51.3 cm³/mol. The minimum atomic E-state index is -0.923. The lowest BCUT2D eigenvalue weighted by molar-refractivity contribution is 0.199. The Morgan fingerprint density at radius 2 is 1.86 bits per heavy atom. The molecule has 0 aliphatic carbocycles. The van der Waals surface area contributed by atoms with E-state index in [0.717, 1.165) is 6.07 Å². The van der Waals surface area contributed by atoms with Gasteiger partial charge in [0.15, 0.2) is 11.6 Å². The molecule has 0 spiro atoms. The molecule has 0 bridgehead atoms. The molecule has 4 heteroatoms. The lowest BCUT2D eigenvalue weighted by atomic mass is 10.1. The maximum atomic E-state index is 13.3. The van der Waals surface area contributed by atoms with Crippen LogP contribution in [0.25, 0.3) is 0 Å². The Balaban J connectivity index is 3.38. The Hall–Kier alpha value is -1.16. The molecule has 14 heavy (non-hydrogen) atoms. The molecular formula is C10H13F2NO. The van der Waals surface area contributed by atoms with E-state index in [9.17, 15) is 13.9 Å². The minimum absolute atomic E-state index is 0.0972. The molecule has 1 N–H and O–H groups in total. The Labute approximate surface area is 81.8 Å². The van der Waals surface area contributed by atoms with Crippen molar-refractivity contribution in [1.29, 1.82) is 0 Å². The van der Waals surface area contributed by atoms with Crippen LogP contribution in [0.1, 0.15) is 18.6 Å². The second-order valence-corrected chi connectivity index (χ2v) is 3.37. The average Bonchev–Trinajstić information content (AvgIpc) is 2.08. The number of anilines is 1. The van der Waals surface area contributed by atoms with Crippen LogP contribution in [0.4, 0.5) is 14.5 Å². The Bertz CT molecular complexity index is 337. The topological polar surface area (TPSA) is 23.5 Å². The summed E-state index contributed by atoms with van der Waals surface area (Å²) in [4.78, 5) is 1.44. The largest absolute Gasteiger partial charge is 0.389 e. The van der Waals surface area contributed by atoms with Crippen LogP contribution in [0.3, 0.4) is 0 Å². The van der Waals surface area contributed by atoms with Crippen LogP contribution in [0.15, 0.2) is 12.1 Å². The molecule has 0 aliphatic heterocycles. The van der Waals surface area contributed by atoms with Gasteiger partial charge in [0.1, 0.15) is 0 Å². The van der Waals surface area contributed by atoms with Crippen LogP contribution in [-0.2, 0) is 0 Å². The van der Waals surface area contributed by atoms with E-state index in [0.29, 0.717) is 5.56 Å². The second-order valence-electron chi connectivity index (χ2n) is 3.37. The van der Waals surface area contributed by atoms with E-state index in [1.54, 1.807) is 14.1 Å². The molecule has 0 fully saturated rings. The van der Waals surface area contributed by atoms with Crippen molar-refractivity contribution in [3.05, 3.63) is 29.3 Å². The molecule has 0 radical (unpaired) electrons. The monoisotopic (exact) mass is 201 g/mol. The van der Waals surface area contributed by atoms with Crippen molar-refractivity contribution < 1.29 is 13.9 Å².